The molecule has 0 fully saturated rings. The molecule has 142 valence electrons. The van der Waals surface area contributed by atoms with Gasteiger partial charge in [0.25, 0.3) is 0 Å². The van der Waals surface area contributed by atoms with Crippen molar-refractivity contribution in [1.82, 2.24) is 4.98 Å². The molecule has 0 aliphatic carbocycles. The Labute approximate surface area is 169 Å². The summed E-state index contributed by atoms with van der Waals surface area (Å²) in [7, 11) is 0. The fraction of sp³-hybridized carbons (Fsp3) is 0.217. The number of hydrogen-bond acceptors (Lipinski definition) is 5. The van der Waals surface area contributed by atoms with Gasteiger partial charge in [-0.3, -0.25) is 0 Å². The van der Waals surface area contributed by atoms with Gasteiger partial charge >= 0.3 is 0 Å². The van der Waals surface area contributed by atoms with Crippen molar-refractivity contribution in [3.05, 3.63) is 64.0 Å². The van der Waals surface area contributed by atoms with E-state index in [2.05, 4.69) is 30.1 Å². The zero-order valence-corrected chi connectivity index (χ0v) is 17.0. The van der Waals surface area contributed by atoms with E-state index in [0.29, 0.717) is 29.5 Å². The van der Waals surface area contributed by atoms with Gasteiger partial charge in [-0.1, -0.05) is 29.8 Å². The third kappa shape index (κ3) is 4.59. The number of aryl methyl sites for hydroxylation is 1. The molecule has 2 aromatic carbocycles. The van der Waals surface area contributed by atoms with E-state index in [4.69, 9.17) is 9.47 Å². The Morgan fingerprint density at radius 2 is 1.86 bits per heavy atom. The van der Waals surface area contributed by atoms with E-state index in [-0.39, 0.29) is 0 Å². The monoisotopic (exact) mass is 390 g/mol. The molecule has 5 heteroatoms. The molecule has 1 heterocycles. The fourth-order valence-corrected chi connectivity index (χ4v) is 3.52. The van der Waals surface area contributed by atoms with E-state index in [1.54, 1.807) is 0 Å². The van der Waals surface area contributed by atoms with Crippen LogP contribution < -0.4 is 9.47 Å². The van der Waals surface area contributed by atoms with Crippen molar-refractivity contribution in [3.8, 4) is 28.8 Å². The SMILES string of the molecule is CCOc1ccc(/C=C(\C#N)c2nc(-c3ccc(C)cc3)cs2)c(OCC)c1. The second-order valence-electron chi connectivity index (χ2n) is 6.14. The van der Waals surface area contributed by atoms with E-state index in [0.717, 1.165) is 22.6 Å². The first kappa shape index (κ1) is 19.7. The Bertz CT molecular complexity index is 1010. The lowest BCUT2D eigenvalue weighted by atomic mass is 10.1. The predicted octanol–water partition coefficient (Wildman–Crippen LogP) is 5.98. The molecule has 0 bridgehead atoms. The van der Waals surface area contributed by atoms with E-state index in [1.165, 1.54) is 16.9 Å². The van der Waals surface area contributed by atoms with Crippen LogP contribution in [0, 0.1) is 18.3 Å². The minimum atomic E-state index is 0.508. The standard InChI is InChI=1S/C23H22N2O2S/c1-4-26-20-11-10-18(22(13-20)27-5-2)12-19(14-24)23-25-21(15-28-23)17-8-6-16(3)7-9-17/h6-13,15H,4-5H2,1-3H3/b19-12+. The molecule has 28 heavy (non-hydrogen) atoms. The van der Waals surface area contributed by atoms with Crippen molar-refractivity contribution >= 4 is 23.0 Å². The molecule has 0 aliphatic heterocycles. The van der Waals surface area contributed by atoms with Gasteiger partial charge in [0, 0.05) is 22.6 Å². The van der Waals surface area contributed by atoms with Gasteiger partial charge in [-0.2, -0.15) is 5.26 Å². The first-order valence-electron chi connectivity index (χ1n) is 9.19. The fourth-order valence-electron chi connectivity index (χ4n) is 2.72. The summed E-state index contributed by atoms with van der Waals surface area (Å²) in [5.41, 5.74) is 4.46. The number of thiazole rings is 1. The van der Waals surface area contributed by atoms with Crippen molar-refractivity contribution in [2.24, 2.45) is 0 Å². The van der Waals surface area contributed by atoms with Crippen LogP contribution in [0.4, 0.5) is 0 Å². The molecule has 0 aliphatic rings. The summed E-state index contributed by atoms with van der Waals surface area (Å²) in [5, 5.41) is 12.4. The number of ether oxygens (including phenoxy) is 2. The third-order valence-corrected chi connectivity index (χ3v) is 4.97. The van der Waals surface area contributed by atoms with E-state index in [9.17, 15) is 5.26 Å². The van der Waals surface area contributed by atoms with Crippen LogP contribution in [0.2, 0.25) is 0 Å². The summed E-state index contributed by atoms with van der Waals surface area (Å²) in [5.74, 6) is 1.44. The second-order valence-corrected chi connectivity index (χ2v) is 7.00. The van der Waals surface area contributed by atoms with Gasteiger partial charge in [-0.15, -0.1) is 11.3 Å². The maximum absolute atomic E-state index is 9.70. The van der Waals surface area contributed by atoms with Crippen LogP contribution in [0.15, 0.2) is 47.8 Å². The van der Waals surface area contributed by atoms with Gasteiger partial charge in [0.15, 0.2) is 0 Å². The summed E-state index contributed by atoms with van der Waals surface area (Å²) < 4.78 is 11.3. The molecular formula is C23H22N2O2S. The molecule has 0 amide bonds. The van der Waals surface area contributed by atoms with Crippen LogP contribution in [0.3, 0.4) is 0 Å². The first-order chi connectivity index (χ1) is 13.6. The van der Waals surface area contributed by atoms with Crippen molar-refractivity contribution in [3.63, 3.8) is 0 Å². The minimum absolute atomic E-state index is 0.508. The van der Waals surface area contributed by atoms with Crippen LogP contribution in [-0.4, -0.2) is 18.2 Å². The lowest BCUT2D eigenvalue weighted by Crippen LogP contribution is -1.97. The maximum atomic E-state index is 9.70. The number of nitrogens with zero attached hydrogens (tertiary/aromatic N) is 2. The van der Waals surface area contributed by atoms with Crippen molar-refractivity contribution in [2.75, 3.05) is 13.2 Å². The lowest BCUT2D eigenvalue weighted by Gasteiger charge is -2.10. The van der Waals surface area contributed by atoms with Gasteiger partial charge in [-0.05, 0) is 39.0 Å². The molecule has 3 rings (SSSR count). The smallest absolute Gasteiger partial charge is 0.134 e. The number of benzene rings is 2. The summed E-state index contributed by atoms with van der Waals surface area (Å²) in [6.45, 7) is 7.05. The Morgan fingerprint density at radius 1 is 1.11 bits per heavy atom. The number of nitriles is 1. The topological polar surface area (TPSA) is 55.1 Å². The summed E-state index contributed by atoms with van der Waals surface area (Å²) in [6, 6.07) is 16.1. The molecule has 0 N–H and O–H groups in total. The Balaban J connectivity index is 1.94. The Morgan fingerprint density at radius 3 is 2.54 bits per heavy atom. The third-order valence-electron chi connectivity index (χ3n) is 4.10. The number of hydrogen-bond donors (Lipinski definition) is 0. The summed E-state index contributed by atoms with van der Waals surface area (Å²) >= 11 is 1.46. The summed E-state index contributed by atoms with van der Waals surface area (Å²) in [4.78, 5) is 4.66. The molecule has 0 radical (unpaired) electrons. The molecule has 4 nitrogen and oxygen atoms in total. The van der Waals surface area contributed by atoms with Gasteiger partial charge < -0.3 is 9.47 Å². The van der Waals surface area contributed by atoms with Gasteiger partial charge in [0.05, 0.1) is 24.5 Å². The van der Waals surface area contributed by atoms with Crippen LogP contribution in [-0.2, 0) is 0 Å². The molecule has 0 unspecified atom stereocenters. The molecule has 0 spiro atoms. The van der Waals surface area contributed by atoms with Crippen LogP contribution in [0.25, 0.3) is 22.9 Å². The maximum Gasteiger partial charge on any atom is 0.134 e. The summed E-state index contributed by atoms with van der Waals surface area (Å²) in [6.07, 6.45) is 1.82. The van der Waals surface area contributed by atoms with Crippen molar-refractivity contribution in [2.45, 2.75) is 20.8 Å². The van der Waals surface area contributed by atoms with Gasteiger partial charge in [-0.25, -0.2) is 4.98 Å². The zero-order chi connectivity index (χ0) is 19.9. The molecule has 0 saturated heterocycles. The average Bonchev–Trinajstić information content (AvgIpc) is 3.18. The van der Waals surface area contributed by atoms with Gasteiger partial charge in [0.1, 0.15) is 22.6 Å². The average molecular weight is 391 g/mol. The number of rotatable bonds is 7. The quantitative estimate of drug-likeness (QED) is 0.466. The van der Waals surface area contributed by atoms with E-state index < -0.39 is 0 Å². The van der Waals surface area contributed by atoms with Crippen LogP contribution >= 0.6 is 11.3 Å². The van der Waals surface area contributed by atoms with Gasteiger partial charge in [0.2, 0.25) is 0 Å². The highest BCUT2D eigenvalue weighted by Gasteiger charge is 2.11. The predicted molar refractivity (Wildman–Crippen MR) is 115 cm³/mol. The molecular weight excluding hydrogens is 368 g/mol. The second kappa shape index (κ2) is 9.20. The molecule has 3 aromatic rings. The highest BCUT2D eigenvalue weighted by Crippen LogP contribution is 2.31. The van der Waals surface area contributed by atoms with Crippen LogP contribution in [0.1, 0.15) is 30.0 Å². The zero-order valence-electron chi connectivity index (χ0n) is 16.2. The normalized spacial score (nSPS) is 11.1. The molecule has 1 aromatic heterocycles. The lowest BCUT2D eigenvalue weighted by molar-refractivity contribution is 0.322. The van der Waals surface area contributed by atoms with E-state index >= 15 is 0 Å². The highest BCUT2D eigenvalue weighted by atomic mass is 32.1. The molecule has 0 atom stereocenters. The minimum Gasteiger partial charge on any atom is -0.494 e. The first-order valence-corrected chi connectivity index (χ1v) is 10.1. The number of aromatic nitrogens is 1. The van der Waals surface area contributed by atoms with Crippen molar-refractivity contribution in [1.29, 1.82) is 5.26 Å². The highest BCUT2D eigenvalue weighted by molar-refractivity contribution is 7.11. The Hall–Kier alpha value is -3.10. The van der Waals surface area contributed by atoms with E-state index in [1.807, 2.05) is 55.6 Å². The molecule has 0 saturated carbocycles. The van der Waals surface area contributed by atoms with Crippen molar-refractivity contribution < 1.29 is 9.47 Å². The Kier molecular flexibility index (Phi) is 6.46. The largest absolute Gasteiger partial charge is 0.494 e. The van der Waals surface area contributed by atoms with Crippen LogP contribution in [0.5, 0.6) is 11.5 Å². The number of allylic oxidation sites excluding steroid dienone is 1.